The van der Waals surface area contributed by atoms with Crippen molar-refractivity contribution in [2.45, 2.75) is 5.00 Å². The van der Waals surface area contributed by atoms with Crippen molar-refractivity contribution in [3.63, 3.8) is 0 Å². The van der Waals surface area contributed by atoms with Gasteiger partial charge >= 0.3 is 0 Å². The zero-order valence-corrected chi connectivity index (χ0v) is 11.5. The molecule has 0 spiro atoms. The summed E-state index contributed by atoms with van der Waals surface area (Å²) in [6.45, 7) is 3.84. The molecule has 0 saturated carbocycles. The highest BCUT2D eigenvalue weighted by Gasteiger charge is 2.22. The van der Waals surface area contributed by atoms with Crippen molar-refractivity contribution in [1.82, 2.24) is 0 Å². The van der Waals surface area contributed by atoms with Crippen LogP contribution in [0, 0.1) is 0 Å². The largest absolute Gasteiger partial charge is 0.126 e. The summed E-state index contributed by atoms with van der Waals surface area (Å²) in [7, 11) is -1.40. The van der Waals surface area contributed by atoms with E-state index in [0.717, 1.165) is 0 Å². The first-order chi connectivity index (χ1) is 8.33. The van der Waals surface area contributed by atoms with E-state index in [1.54, 1.807) is 0 Å². The van der Waals surface area contributed by atoms with Gasteiger partial charge in [-0.3, -0.25) is 0 Å². The van der Waals surface area contributed by atoms with Crippen molar-refractivity contribution in [2.24, 2.45) is 0 Å². The average molecular weight is 259 g/mol. The Morgan fingerprint density at radius 1 is 0.882 bits per heavy atom. The summed E-state index contributed by atoms with van der Waals surface area (Å²) in [5.41, 5.74) is 0. The fraction of sp³-hybridized carbons (Fsp3) is 0.0667. The number of rotatable bonds is 4. The lowest BCUT2D eigenvalue weighted by Gasteiger charge is -2.19. The molecule has 2 aromatic carbocycles. The maximum atomic E-state index is 6.44. The first-order valence-electron chi connectivity index (χ1n) is 5.69. The van der Waals surface area contributed by atoms with Crippen molar-refractivity contribution < 1.29 is 0 Å². The molecule has 2 aromatic rings. The van der Waals surface area contributed by atoms with Gasteiger partial charge in [0.1, 0.15) is 8.80 Å². The molecule has 0 aromatic heterocycles. The molecule has 86 valence electrons. The van der Waals surface area contributed by atoms with Gasteiger partial charge in [0.15, 0.2) is 0 Å². The highest BCUT2D eigenvalue weighted by Crippen LogP contribution is 2.05. The van der Waals surface area contributed by atoms with Gasteiger partial charge in [0, 0.05) is 0 Å². The third kappa shape index (κ3) is 2.87. The summed E-state index contributed by atoms with van der Waals surface area (Å²) in [6, 6.07) is 21.1. The summed E-state index contributed by atoms with van der Waals surface area (Å²) in [5, 5.41) is 2.76. The second kappa shape index (κ2) is 5.85. The minimum absolute atomic E-state index is 0.0415. The predicted octanol–water partition coefficient (Wildman–Crippen LogP) is 2.36. The van der Waals surface area contributed by atoms with E-state index in [1.165, 1.54) is 10.4 Å². The molecule has 0 saturated heterocycles. The molecule has 0 aliphatic rings. The molecule has 17 heavy (non-hydrogen) atoms. The van der Waals surface area contributed by atoms with E-state index < -0.39 is 8.80 Å². The summed E-state index contributed by atoms with van der Waals surface area (Å²) in [5.74, 6) is 0. The molecule has 0 aliphatic heterocycles. The lowest BCUT2D eigenvalue weighted by Crippen LogP contribution is -2.48. The lowest BCUT2D eigenvalue weighted by molar-refractivity contribution is 1.55. The van der Waals surface area contributed by atoms with Crippen LogP contribution in [-0.4, -0.2) is 13.8 Å². The second-order valence-electron chi connectivity index (χ2n) is 3.98. The lowest BCUT2D eigenvalue weighted by atomic mass is 10.4. The van der Waals surface area contributed by atoms with Crippen LogP contribution in [0.25, 0.3) is 0 Å². The monoisotopic (exact) mass is 258 g/mol. The molecule has 0 aliphatic carbocycles. The summed E-state index contributed by atoms with van der Waals surface area (Å²) in [4.78, 5) is 0. The standard InChI is InChI=1S/C15H15ClSi/c1-2-15(16)17(13-9-5-3-6-10-13)14-11-7-4-8-12-14/h2-12,15,17H,1H2. The molecular formula is C15H15ClSi. The Bertz CT molecular complexity index is 427. The second-order valence-corrected chi connectivity index (χ2v) is 7.91. The Balaban J connectivity index is 2.43. The van der Waals surface area contributed by atoms with Crippen LogP contribution < -0.4 is 10.4 Å². The van der Waals surface area contributed by atoms with Gasteiger partial charge in [-0.05, 0) is 0 Å². The van der Waals surface area contributed by atoms with Gasteiger partial charge in [-0.15, -0.1) is 18.2 Å². The normalized spacial score (nSPS) is 12.4. The van der Waals surface area contributed by atoms with E-state index in [9.17, 15) is 0 Å². The van der Waals surface area contributed by atoms with Crippen molar-refractivity contribution in [3.05, 3.63) is 73.3 Å². The van der Waals surface area contributed by atoms with Gasteiger partial charge in [0.05, 0.1) is 5.00 Å². The van der Waals surface area contributed by atoms with Gasteiger partial charge in [-0.25, -0.2) is 0 Å². The number of benzene rings is 2. The molecule has 0 fully saturated rings. The number of allylic oxidation sites excluding steroid dienone is 1. The smallest absolute Gasteiger partial charge is 0.122 e. The third-order valence-electron chi connectivity index (χ3n) is 2.86. The molecule has 0 N–H and O–H groups in total. The van der Waals surface area contributed by atoms with Crippen LogP contribution in [0.15, 0.2) is 73.3 Å². The summed E-state index contributed by atoms with van der Waals surface area (Å²) in [6.07, 6.45) is 1.86. The molecule has 2 heteroatoms. The van der Waals surface area contributed by atoms with Gasteiger partial charge in [0.2, 0.25) is 0 Å². The Morgan fingerprint density at radius 3 is 1.65 bits per heavy atom. The van der Waals surface area contributed by atoms with E-state index in [4.69, 9.17) is 11.6 Å². The van der Waals surface area contributed by atoms with Crippen LogP contribution in [0.5, 0.6) is 0 Å². The fourth-order valence-electron chi connectivity index (χ4n) is 2.02. The maximum Gasteiger partial charge on any atom is 0.126 e. The van der Waals surface area contributed by atoms with Crippen molar-refractivity contribution in [1.29, 1.82) is 0 Å². The first kappa shape index (κ1) is 12.2. The Morgan fingerprint density at radius 2 is 1.29 bits per heavy atom. The third-order valence-corrected chi connectivity index (χ3v) is 6.91. The number of hydrogen-bond acceptors (Lipinski definition) is 0. The van der Waals surface area contributed by atoms with Crippen molar-refractivity contribution in [2.75, 3.05) is 0 Å². The zero-order chi connectivity index (χ0) is 12.1. The molecule has 1 unspecified atom stereocenters. The predicted molar refractivity (Wildman–Crippen MR) is 79.1 cm³/mol. The quantitative estimate of drug-likeness (QED) is 0.449. The molecular weight excluding hydrogens is 244 g/mol. The van der Waals surface area contributed by atoms with Crippen LogP contribution >= 0.6 is 11.6 Å². The van der Waals surface area contributed by atoms with Crippen molar-refractivity contribution >= 4 is 30.8 Å². The van der Waals surface area contributed by atoms with Gasteiger partial charge in [-0.2, -0.15) is 0 Å². The van der Waals surface area contributed by atoms with Gasteiger partial charge < -0.3 is 0 Å². The number of halogens is 1. The molecule has 2 rings (SSSR count). The van der Waals surface area contributed by atoms with Gasteiger partial charge in [0.25, 0.3) is 0 Å². The van der Waals surface area contributed by atoms with E-state index in [1.807, 2.05) is 18.2 Å². The SMILES string of the molecule is C=CC(Cl)[SiH](c1ccccc1)c1ccccc1. The van der Waals surface area contributed by atoms with Crippen LogP contribution in [0.3, 0.4) is 0 Å². The zero-order valence-electron chi connectivity index (χ0n) is 9.59. The minimum Gasteiger partial charge on any atom is -0.122 e. The van der Waals surface area contributed by atoms with Gasteiger partial charge in [-0.1, -0.05) is 77.1 Å². The van der Waals surface area contributed by atoms with E-state index in [0.29, 0.717) is 0 Å². The minimum atomic E-state index is -1.40. The van der Waals surface area contributed by atoms with Crippen molar-refractivity contribution in [3.8, 4) is 0 Å². The molecule has 0 amide bonds. The van der Waals surface area contributed by atoms with E-state index >= 15 is 0 Å². The average Bonchev–Trinajstić information content (AvgIpc) is 2.41. The fourth-order valence-corrected chi connectivity index (χ4v) is 5.56. The molecule has 1 atom stereocenters. The first-order valence-corrected chi connectivity index (χ1v) is 7.95. The number of hydrogen-bond donors (Lipinski definition) is 0. The van der Waals surface area contributed by atoms with E-state index in [2.05, 4.69) is 55.1 Å². The Labute approximate surface area is 109 Å². The highest BCUT2D eigenvalue weighted by molar-refractivity contribution is 6.91. The van der Waals surface area contributed by atoms with Crippen LogP contribution in [0.1, 0.15) is 0 Å². The summed E-state index contributed by atoms with van der Waals surface area (Å²) < 4.78 is 0. The Hall–Kier alpha value is -1.31. The topological polar surface area (TPSA) is 0 Å². The van der Waals surface area contributed by atoms with Crippen LogP contribution in [0.2, 0.25) is 0 Å². The molecule has 0 bridgehead atoms. The van der Waals surface area contributed by atoms with Crippen LogP contribution in [0.4, 0.5) is 0 Å². The summed E-state index contributed by atoms with van der Waals surface area (Å²) >= 11 is 6.44. The highest BCUT2D eigenvalue weighted by atomic mass is 35.5. The van der Waals surface area contributed by atoms with Crippen LogP contribution in [-0.2, 0) is 0 Å². The molecule has 0 nitrogen and oxygen atoms in total. The maximum absolute atomic E-state index is 6.44. The van der Waals surface area contributed by atoms with E-state index in [-0.39, 0.29) is 5.00 Å². The molecule has 0 radical (unpaired) electrons. The molecule has 0 heterocycles. The Kier molecular flexibility index (Phi) is 4.18. The number of alkyl halides is 1.